The van der Waals surface area contributed by atoms with Gasteiger partial charge in [-0.1, -0.05) is 23.2 Å². The molecular formula is C12H16Cl2N4O2. The topological polar surface area (TPSA) is 75.6 Å². The van der Waals surface area contributed by atoms with Crippen molar-refractivity contribution in [2.45, 2.75) is 6.04 Å². The number of hydrogen-bond donors (Lipinski definition) is 1. The van der Waals surface area contributed by atoms with Crippen molar-refractivity contribution in [3.63, 3.8) is 0 Å². The van der Waals surface area contributed by atoms with Crippen LogP contribution >= 0.6 is 23.2 Å². The number of nitro groups is 1. The molecule has 1 aromatic rings. The molecule has 1 heterocycles. The molecule has 8 heteroatoms. The van der Waals surface area contributed by atoms with Gasteiger partial charge in [0.1, 0.15) is 0 Å². The van der Waals surface area contributed by atoms with Gasteiger partial charge in [0, 0.05) is 38.3 Å². The van der Waals surface area contributed by atoms with E-state index < -0.39 is 4.92 Å². The number of likely N-dealkylation sites (N-methyl/N-ethyl adjacent to an activating group) is 1. The van der Waals surface area contributed by atoms with Crippen LogP contribution in [0.1, 0.15) is 0 Å². The van der Waals surface area contributed by atoms with E-state index in [0.29, 0.717) is 12.2 Å². The van der Waals surface area contributed by atoms with Crippen LogP contribution in [0.5, 0.6) is 0 Å². The molecule has 2 N–H and O–H groups in total. The Kier molecular flexibility index (Phi) is 4.70. The fourth-order valence-electron chi connectivity index (χ4n) is 2.44. The highest BCUT2D eigenvalue weighted by Crippen LogP contribution is 2.38. The zero-order valence-corrected chi connectivity index (χ0v) is 12.6. The average Bonchev–Trinajstić information content (AvgIpc) is 2.39. The Morgan fingerprint density at radius 2 is 2.00 bits per heavy atom. The number of piperazine rings is 1. The van der Waals surface area contributed by atoms with Crippen LogP contribution in [0.25, 0.3) is 0 Å². The van der Waals surface area contributed by atoms with Crippen LogP contribution in [0.15, 0.2) is 12.1 Å². The summed E-state index contributed by atoms with van der Waals surface area (Å²) < 4.78 is 0. The van der Waals surface area contributed by atoms with E-state index in [1.807, 2.05) is 11.9 Å². The Bertz CT molecular complexity index is 503. The summed E-state index contributed by atoms with van der Waals surface area (Å²) in [6, 6.07) is 2.74. The maximum atomic E-state index is 10.8. The van der Waals surface area contributed by atoms with Crippen LogP contribution in [-0.4, -0.2) is 49.1 Å². The Hall–Kier alpha value is -1.08. The monoisotopic (exact) mass is 318 g/mol. The van der Waals surface area contributed by atoms with E-state index in [2.05, 4.69) is 4.90 Å². The van der Waals surface area contributed by atoms with Crippen molar-refractivity contribution < 1.29 is 4.92 Å². The number of anilines is 1. The van der Waals surface area contributed by atoms with Crippen LogP contribution in [0.3, 0.4) is 0 Å². The lowest BCUT2D eigenvalue weighted by Crippen LogP contribution is -2.55. The summed E-state index contributed by atoms with van der Waals surface area (Å²) in [5.74, 6) is 0. The third-order valence-corrected chi connectivity index (χ3v) is 4.03. The van der Waals surface area contributed by atoms with Gasteiger partial charge < -0.3 is 15.5 Å². The molecule has 1 aliphatic heterocycles. The highest BCUT2D eigenvalue weighted by atomic mass is 35.5. The second-order valence-corrected chi connectivity index (χ2v) is 5.67. The lowest BCUT2D eigenvalue weighted by atomic mass is 10.1. The van der Waals surface area contributed by atoms with E-state index >= 15 is 0 Å². The molecule has 0 bridgehead atoms. The van der Waals surface area contributed by atoms with Gasteiger partial charge in [0.2, 0.25) is 0 Å². The second-order valence-electron chi connectivity index (χ2n) is 4.86. The highest BCUT2D eigenvalue weighted by Gasteiger charge is 2.28. The molecule has 6 nitrogen and oxygen atoms in total. The molecule has 0 aromatic heterocycles. The van der Waals surface area contributed by atoms with Gasteiger partial charge in [0.05, 0.1) is 26.7 Å². The summed E-state index contributed by atoms with van der Waals surface area (Å²) in [6.45, 7) is 2.86. The molecule has 1 aliphatic rings. The van der Waals surface area contributed by atoms with Crippen molar-refractivity contribution in [1.82, 2.24) is 4.90 Å². The molecule has 1 fully saturated rings. The fourth-order valence-corrected chi connectivity index (χ4v) is 3.13. The van der Waals surface area contributed by atoms with Gasteiger partial charge in [-0.25, -0.2) is 0 Å². The molecule has 0 saturated carbocycles. The normalized spacial score (nSPS) is 20.2. The summed E-state index contributed by atoms with van der Waals surface area (Å²) in [5, 5.41) is 11.4. The number of nitrogens with zero attached hydrogens (tertiary/aromatic N) is 3. The van der Waals surface area contributed by atoms with Crippen LogP contribution in [-0.2, 0) is 0 Å². The lowest BCUT2D eigenvalue weighted by Gasteiger charge is -2.41. The smallest absolute Gasteiger partial charge is 0.272 e. The summed E-state index contributed by atoms with van der Waals surface area (Å²) in [7, 11) is 2.03. The number of non-ortho nitro benzene ring substituents is 1. The molecule has 0 radical (unpaired) electrons. The Morgan fingerprint density at radius 3 is 2.50 bits per heavy atom. The molecule has 1 saturated heterocycles. The summed E-state index contributed by atoms with van der Waals surface area (Å²) >= 11 is 12.4. The first-order chi connectivity index (χ1) is 9.43. The average molecular weight is 319 g/mol. The fraction of sp³-hybridized carbons (Fsp3) is 0.500. The number of nitrogens with two attached hydrogens (primary N) is 1. The predicted octanol–water partition coefficient (Wildman–Crippen LogP) is 1.98. The van der Waals surface area contributed by atoms with Crippen LogP contribution in [0.4, 0.5) is 11.4 Å². The number of hydrogen-bond acceptors (Lipinski definition) is 5. The van der Waals surface area contributed by atoms with E-state index in [9.17, 15) is 10.1 Å². The first-order valence-corrected chi connectivity index (χ1v) is 6.98. The van der Waals surface area contributed by atoms with Gasteiger partial charge in [-0.3, -0.25) is 10.1 Å². The number of nitro benzene ring substituents is 1. The molecule has 1 unspecified atom stereocenters. The Balaban J connectivity index is 2.39. The van der Waals surface area contributed by atoms with E-state index in [-0.39, 0.29) is 21.8 Å². The van der Waals surface area contributed by atoms with Crippen molar-refractivity contribution in [3.05, 3.63) is 32.3 Å². The van der Waals surface area contributed by atoms with Crippen LogP contribution in [0.2, 0.25) is 10.0 Å². The molecule has 2 rings (SSSR count). The maximum absolute atomic E-state index is 10.8. The minimum atomic E-state index is -0.508. The Morgan fingerprint density at radius 1 is 1.40 bits per heavy atom. The highest BCUT2D eigenvalue weighted by molar-refractivity contribution is 6.39. The molecule has 20 heavy (non-hydrogen) atoms. The van der Waals surface area contributed by atoms with Gasteiger partial charge >= 0.3 is 0 Å². The summed E-state index contributed by atoms with van der Waals surface area (Å²) in [4.78, 5) is 14.5. The minimum absolute atomic E-state index is 0.0882. The van der Waals surface area contributed by atoms with Gasteiger partial charge in [0.15, 0.2) is 0 Å². The van der Waals surface area contributed by atoms with E-state index in [0.717, 1.165) is 19.6 Å². The van der Waals surface area contributed by atoms with Gasteiger partial charge in [-0.15, -0.1) is 0 Å². The van der Waals surface area contributed by atoms with Crippen molar-refractivity contribution in [2.75, 3.05) is 38.1 Å². The molecule has 110 valence electrons. The largest absolute Gasteiger partial charge is 0.362 e. The minimum Gasteiger partial charge on any atom is -0.362 e. The zero-order valence-electron chi connectivity index (χ0n) is 11.1. The van der Waals surface area contributed by atoms with E-state index in [1.54, 1.807) is 0 Å². The predicted molar refractivity (Wildman–Crippen MR) is 80.8 cm³/mol. The van der Waals surface area contributed by atoms with Crippen molar-refractivity contribution in [1.29, 1.82) is 0 Å². The third kappa shape index (κ3) is 2.98. The molecule has 0 aliphatic carbocycles. The number of rotatable bonds is 3. The van der Waals surface area contributed by atoms with Gasteiger partial charge in [-0.2, -0.15) is 0 Å². The second kappa shape index (κ2) is 6.13. The quantitative estimate of drug-likeness (QED) is 0.681. The van der Waals surface area contributed by atoms with Crippen molar-refractivity contribution in [3.8, 4) is 0 Å². The van der Waals surface area contributed by atoms with Crippen molar-refractivity contribution >= 4 is 34.6 Å². The molecular weight excluding hydrogens is 303 g/mol. The first-order valence-electron chi connectivity index (χ1n) is 6.22. The van der Waals surface area contributed by atoms with Gasteiger partial charge in [-0.05, 0) is 7.05 Å². The van der Waals surface area contributed by atoms with Gasteiger partial charge in [0.25, 0.3) is 5.69 Å². The Labute approximate surface area is 127 Å². The standard InChI is InChI=1S/C12H16Cl2N4O2/c1-16-2-3-17(9(6-15)7-16)12-10(13)4-8(18(19)20)5-11(12)14/h4-5,9H,2-3,6-7,15H2,1H3. The molecule has 1 atom stereocenters. The molecule has 0 amide bonds. The zero-order chi connectivity index (χ0) is 14.9. The molecule has 0 spiro atoms. The lowest BCUT2D eigenvalue weighted by molar-refractivity contribution is -0.384. The van der Waals surface area contributed by atoms with Crippen LogP contribution in [0, 0.1) is 10.1 Å². The van der Waals surface area contributed by atoms with Crippen LogP contribution < -0.4 is 10.6 Å². The summed E-state index contributed by atoms with van der Waals surface area (Å²) in [5.41, 5.74) is 6.33. The number of halogens is 2. The summed E-state index contributed by atoms with van der Waals surface area (Å²) in [6.07, 6.45) is 0. The maximum Gasteiger partial charge on any atom is 0.272 e. The number of benzene rings is 1. The third-order valence-electron chi connectivity index (χ3n) is 3.46. The van der Waals surface area contributed by atoms with E-state index in [1.165, 1.54) is 12.1 Å². The first kappa shape index (κ1) is 15.3. The van der Waals surface area contributed by atoms with Crippen molar-refractivity contribution in [2.24, 2.45) is 5.73 Å². The van der Waals surface area contributed by atoms with E-state index in [4.69, 9.17) is 28.9 Å². The molecule has 1 aromatic carbocycles. The SMILES string of the molecule is CN1CCN(c2c(Cl)cc([N+](=O)[O-])cc2Cl)C(CN)C1.